The van der Waals surface area contributed by atoms with E-state index in [2.05, 4.69) is 10.6 Å². The van der Waals surface area contributed by atoms with Crippen LogP contribution in [0.15, 0.2) is 0 Å². The molecule has 1 amide bonds. The quantitative estimate of drug-likeness (QED) is 0.611. The van der Waals surface area contributed by atoms with Crippen molar-refractivity contribution in [3.8, 4) is 0 Å². The number of aliphatic hydroxyl groups is 1. The summed E-state index contributed by atoms with van der Waals surface area (Å²) in [5.41, 5.74) is 0. The van der Waals surface area contributed by atoms with Crippen molar-refractivity contribution in [3.05, 3.63) is 0 Å². The van der Waals surface area contributed by atoms with Crippen molar-refractivity contribution in [3.63, 3.8) is 0 Å². The summed E-state index contributed by atoms with van der Waals surface area (Å²) in [7, 11) is 0. The molecular weight excluding hydrogens is 192 g/mol. The summed E-state index contributed by atoms with van der Waals surface area (Å²) in [6, 6.07) is -0.0484. The van der Waals surface area contributed by atoms with Gasteiger partial charge in [-0.15, -0.1) is 0 Å². The molecule has 3 atom stereocenters. The maximum Gasteiger partial charge on any atom is 0.237 e. The molecule has 0 aromatic rings. The van der Waals surface area contributed by atoms with Crippen LogP contribution in [0.4, 0.5) is 0 Å². The fourth-order valence-electron chi connectivity index (χ4n) is 2.47. The molecule has 15 heavy (non-hydrogen) atoms. The summed E-state index contributed by atoms with van der Waals surface area (Å²) in [5, 5.41) is 15.9. The summed E-state index contributed by atoms with van der Waals surface area (Å²) >= 11 is 0. The first-order chi connectivity index (χ1) is 7.27. The van der Waals surface area contributed by atoms with Gasteiger partial charge < -0.3 is 15.7 Å². The lowest BCUT2D eigenvalue weighted by atomic mass is 9.92. The molecule has 1 heterocycles. The highest BCUT2D eigenvalue weighted by molar-refractivity contribution is 5.82. The summed E-state index contributed by atoms with van der Waals surface area (Å²) in [4.78, 5) is 11.8. The average molecular weight is 212 g/mol. The van der Waals surface area contributed by atoms with Gasteiger partial charge in [-0.2, -0.15) is 0 Å². The second-order valence-corrected chi connectivity index (χ2v) is 4.62. The van der Waals surface area contributed by atoms with E-state index in [0.29, 0.717) is 0 Å². The molecule has 0 aromatic heterocycles. The SMILES string of the molecule is O=C(NC1CCCCC1O)[C@@H]1CCCN1. The molecule has 2 aliphatic rings. The monoisotopic (exact) mass is 212 g/mol. The van der Waals surface area contributed by atoms with Gasteiger partial charge in [-0.05, 0) is 32.2 Å². The fraction of sp³-hybridized carbons (Fsp3) is 0.909. The molecule has 3 N–H and O–H groups in total. The van der Waals surface area contributed by atoms with Gasteiger partial charge in [0.1, 0.15) is 0 Å². The second kappa shape index (κ2) is 4.94. The Balaban J connectivity index is 1.81. The zero-order valence-electron chi connectivity index (χ0n) is 9.04. The van der Waals surface area contributed by atoms with E-state index < -0.39 is 0 Å². The molecule has 1 saturated heterocycles. The highest BCUT2D eigenvalue weighted by atomic mass is 16.3. The van der Waals surface area contributed by atoms with Crippen LogP contribution in [0.2, 0.25) is 0 Å². The Morgan fingerprint density at radius 3 is 2.67 bits per heavy atom. The number of hydrogen-bond acceptors (Lipinski definition) is 3. The predicted molar refractivity (Wildman–Crippen MR) is 57.4 cm³/mol. The van der Waals surface area contributed by atoms with E-state index in [1.54, 1.807) is 0 Å². The van der Waals surface area contributed by atoms with Crippen molar-refractivity contribution in [2.45, 2.75) is 56.7 Å². The number of amides is 1. The molecule has 0 spiro atoms. The van der Waals surface area contributed by atoms with Crippen LogP contribution in [-0.2, 0) is 4.79 Å². The van der Waals surface area contributed by atoms with Gasteiger partial charge in [0.2, 0.25) is 5.91 Å². The Hall–Kier alpha value is -0.610. The van der Waals surface area contributed by atoms with E-state index in [9.17, 15) is 9.90 Å². The number of carbonyl (C=O) groups excluding carboxylic acids is 1. The van der Waals surface area contributed by atoms with Crippen molar-refractivity contribution in [2.75, 3.05) is 6.54 Å². The van der Waals surface area contributed by atoms with Gasteiger partial charge in [0, 0.05) is 0 Å². The van der Waals surface area contributed by atoms with Gasteiger partial charge in [0.05, 0.1) is 18.2 Å². The van der Waals surface area contributed by atoms with Crippen LogP contribution >= 0.6 is 0 Å². The first-order valence-electron chi connectivity index (χ1n) is 5.99. The smallest absolute Gasteiger partial charge is 0.237 e. The third-order valence-electron chi connectivity index (χ3n) is 3.43. The highest BCUT2D eigenvalue weighted by Crippen LogP contribution is 2.18. The molecule has 1 aliphatic heterocycles. The lowest BCUT2D eigenvalue weighted by molar-refractivity contribution is -0.124. The van der Waals surface area contributed by atoms with Crippen LogP contribution in [-0.4, -0.2) is 35.7 Å². The van der Waals surface area contributed by atoms with E-state index in [0.717, 1.165) is 45.1 Å². The Kier molecular flexibility index (Phi) is 3.59. The van der Waals surface area contributed by atoms with Crippen LogP contribution in [0.25, 0.3) is 0 Å². The second-order valence-electron chi connectivity index (χ2n) is 4.62. The molecular formula is C11H20N2O2. The van der Waals surface area contributed by atoms with Crippen molar-refractivity contribution in [2.24, 2.45) is 0 Å². The molecule has 1 saturated carbocycles. The van der Waals surface area contributed by atoms with Gasteiger partial charge in [-0.25, -0.2) is 0 Å². The topological polar surface area (TPSA) is 61.4 Å². The summed E-state index contributed by atoms with van der Waals surface area (Å²) in [5.74, 6) is 0.0680. The maximum absolute atomic E-state index is 11.8. The number of rotatable bonds is 2. The van der Waals surface area contributed by atoms with Gasteiger partial charge in [-0.3, -0.25) is 4.79 Å². The van der Waals surface area contributed by atoms with E-state index in [1.807, 2.05) is 0 Å². The van der Waals surface area contributed by atoms with Crippen LogP contribution in [0, 0.1) is 0 Å². The van der Waals surface area contributed by atoms with E-state index in [4.69, 9.17) is 0 Å². The van der Waals surface area contributed by atoms with Gasteiger partial charge in [-0.1, -0.05) is 12.8 Å². The van der Waals surface area contributed by atoms with Crippen molar-refractivity contribution in [1.82, 2.24) is 10.6 Å². The summed E-state index contributed by atoms with van der Waals surface area (Å²) < 4.78 is 0. The first-order valence-corrected chi connectivity index (χ1v) is 5.99. The normalized spacial score (nSPS) is 36.5. The van der Waals surface area contributed by atoms with Gasteiger partial charge >= 0.3 is 0 Å². The minimum absolute atomic E-state index is 0.0198. The van der Waals surface area contributed by atoms with Crippen LogP contribution in [0.5, 0.6) is 0 Å². The lowest BCUT2D eigenvalue weighted by Gasteiger charge is -2.29. The van der Waals surface area contributed by atoms with Gasteiger partial charge in [0.25, 0.3) is 0 Å². The minimum Gasteiger partial charge on any atom is -0.391 e. The molecule has 86 valence electrons. The van der Waals surface area contributed by atoms with E-state index in [1.165, 1.54) is 0 Å². The number of aliphatic hydroxyl groups excluding tert-OH is 1. The van der Waals surface area contributed by atoms with Crippen LogP contribution < -0.4 is 10.6 Å². The zero-order chi connectivity index (χ0) is 10.7. The Bertz CT molecular complexity index is 227. The number of hydrogen-bond donors (Lipinski definition) is 3. The Morgan fingerprint density at radius 2 is 2.00 bits per heavy atom. The zero-order valence-corrected chi connectivity index (χ0v) is 9.04. The Labute approximate surface area is 90.4 Å². The standard InChI is InChI=1S/C11H20N2O2/c14-10-6-2-1-4-8(10)13-11(15)9-5-3-7-12-9/h8-10,12,14H,1-7H2,(H,13,15)/t8?,9-,10?/m0/s1. The number of carbonyl (C=O) groups is 1. The molecule has 2 fully saturated rings. The van der Waals surface area contributed by atoms with Gasteiger partial charge in [0.15, 0.2) is 0 Å². The van der Waals surface area contributed by atoms with Crippen LogP contribution in [0.3, 0.4) is 0 Å². The first kappa shape index (κ1) is 10.9. The van der Waals surface area contributed by atoms with Crippen molar-refractivity contribution in [1.29, 1.82) is 0 Å². The maximum atomic E-state index is 11.8. The van der Waals surface area contributed by atoms with Crippen LogP contribution in [0.1, 0.15) is 38.5 Å². The summed E-state index contributed by atoms with van der Waals surface area (Å²) in [6.07, 6.45) is 5.59. The average Bonchev–Trinajstić information content (AvgIpc) is 2.74. The molecule has 4 heteroatoms. The molecule has 2 rings (SSSR count). The minimum atomic E-state index is -0.343. The molecule has 0 aromatic carbocycles. The fourth-order valence-corrected chi connectivity index (χ4v) is 2.47. The van der Waals surface area contributed by atoms with E-state index >= 15 is 0 Å². The molecule has 0 radical (unpaired) electrons. The third-order valence-corrected chi connectivity index (χ3v) is 3.43. The predicted octanol–water partition coefficient (Wildman–Crippen LogP) is 0.158. The Morgan fingerprint density at radius 1 is 1.20 bits per heavy atom. The van der Waals surface area contributed by atoms with Crippen molar-refractivity contribution < 1.29 is 9.90 Å². The van der Waals surface area contributed by atoms with E-state index in [-0.39, 0.29) is 24.1 Å². The molecule has 0 bridgehead atoms. The van der Waals surface area contributed by atoms with Crippen molar-refractivity contribution >= 4 is 5.91 Å². The highest BCUT2D eigenvalue weighted by Gasteiger charge is 2.28. The molecule has 1 aliphatic carbocycles. The largest absolute Gasteiger partial charge is 0.391 e. The molecule has 4 nitrogen and oxygen atoms in total. The third kappa shape index (κ3) is 2.69. The lowest BCUT2D eigenvalue weighted by Crippen LogP contribution is -2.50. The summed E-state index contributed by atoms with van der Waals surface area (Å²) in [6.45, 7) is 0.936. The molecule has 2 unspecified atom stereocenters. The number of nitrogens with one attached hydrogen (secondary N) is 2.